The average Bonchev–Trinajstić information content (AvgIpc) is 3.34. The maximum Gasteiger partial charge on any atom is 0.306 e. The van der Waals surface area contributed by atoms with Gasteiger partial charge in [-0.2, -0.15) is 0 Å². The maximum absolute atomic E-state index is 12.8. The number of ether oxygens (including phenoxy) is 3. The SMILES string of the molecule is CC\C=C/C=C\C=C/CCCCCCCC(=O)OCC(COC(=O)CCCCCCCCCCC/C=C\C/C=C\C/C=C\CC)OC(=O)CCCCCCC\C=C/C=C\C=C/CCCCCCC. The third-order valence-electron chi connectivity index (χ3n) is 11.6. The number of hydrogen-bond acceptors (Lipinski definition) is 6. The molecule has 0 aromatic rings. The zero-order chi connectivity index (χ0) is 49.3. The van der Waals surface area contributed by atoms with Crippen molar-refractivity contribution in [3.63, 3.8) is 0 Å². The normalized spacial score (nSPS) is 12.9. The van der Waals surface area contributed by atoms with Gasteiger partial charge in [-0.3, -0.25) is 14.4 Å². The number of rotatable bonds is 49. The lowest BCUT2D eigenvalue weighted by Crippen LogP contribution is -2.30. The van der Waals surface area contributed by atoms with Crippen LogP contribution in [-0.2, 0) is 28.6 Å². The minimum Gasteiger partial charge on any atom is -0.462 e. The number of hydrogen-bond donors (Lipinski definition) is 0. The van der Waals surface area contributed by atoms with Gasteiger partial charge in [0, 0.05) is 19.3 Å². The Morgan fingerprint density at radius 1 is 0.324 bits per heavy atom. The van der Waals surface area contributed by atoms with Crippen LogP contribution in [0.4, 0.5) is 0 Å². The summed E-state index contributed by atoms with van der Waals surface area (Å²) in [6.45, 7) is 6.34. The van der Waals surface area contributed by atoms with Gasteiger partial charge >= 0.3 is 17.9 Å². The van der Waals surface area contributed by atoms with E-state index < -0.39 is 6.10 Å². The number of carbonyl (C=O) groups excluding carboxylic acids is 3. The van der Waals surface area contributed by atoms with Crippen molar-refractivity contribution in [1.82, 2.24) is 0 Å². The van der Waals surface area contributed by atoms with Gasteiger partial charge < -0.3 is 14.2 Å². The molecule has 6 heteroatoms. The maximum atomic E-state index is 12.8. The van der Waals surface area contributed by atoms with E-state index in [0.717, 1.165) is 128 Å². The van der Waals surface area contributed by atoms with Crippen LogP contribution in [0.25, 0.3) is 0 Å². The molecule has 0 bridgehead atoms. The highest BCUT2D eigenvalue weighted by Crippen LogP contribution is 2.14. The first-order valence-corrected chi connectivity index (χ1v) is 28.0. The topological polar surface area (TPSA) is 78.9 Å². The standard InChI is InChI=1S/C62H102O6/c1-4-7-10-13-16-19-22-25-27-29-31-33-34-37-40-43-46-49-52-55-61(64)67-58-59(57-66-60(63)54-51-48-45-42-39-36-24-21-18-15-12-9-6-3)68-62(65)56-53-50-47-44-41-38-35-32-30-28-26-23-20-17-14-11-8-5-2/h7,9-10,12,15-16,18-19,21,23-28,30,32,35,59H,4-6,8,11,13-14,17,20,22,29,31,33-34,36-58H2,1-3H3/b10-7-,12-9-,18-15-,19-16-,24-21-,26-23-,27-25-,30-28-,35-32-. The van der Waals surface area contributed by atoms with Crippen molar-refractivity contribution in [2.45, 2.75) is 252 Å². The molecule has 6 nitrogen and oxygen atoms in total. The molecule has 0 aromatic heterocycles. The fourth-order valence-corrected chi connectivity index (χ4v) is 7.46. The van der Waals surface area contributed by atoms with Gasteiger partial charge in [-0.15, -0.1) is 0 Å². The zero-order valence-electron chi connectivity index (χ0n) is 44.1. The van der Waals surface area contributed by atoms with Gasteiger partial charge in [0.1, 0.15) is 13.2 Å². The van der Waals surface area contributed by atoms with Crippen LogP contribution in [0.2, 0.25) is 0 Å². The Balaban J connectivity index is 4.45. The second kappa shape index (κ2) is 55.7. The molecule has 0 heterocycles. The Labute approximate surface area is 419 Å². The number of allylic oxidation sites excluding steroid dienone is 18. The van der Waals surface area contributed by atoms with Crippen molar-refractivity contribution in [3.8, 4) is 0 Å². The molecule has 0 fully saturated rings. The summed E-state index contributed by atoms with van der Waals surface area (Å²) in [6.07, 6.45) is 75.0. The minimum atomic E-state index is -0.802. The highest BCUT2D eigenvalue weighted by molar-refractivity contribution is 5.71. The Kier molecular flexibility index (Phi) is 52.4. The third kappa shape index (κ3) is 53.0. The van der Waals surface area contributed by atoms with E-state index in [9.17, 15) is 14.4 Å². The lowest BCUT2D eigenvalue weighted by atomic mass is 10.1. The van der Waals surface area contributed by atoms with Gasteiger partial charge in [-0.05, 0) is 96.3 Å². The second-order valence-electron chi connectivity index (χ2n) is 18.2. The molecule has 0 radical (unpaired) electrons. The Hall–Kier alpha value is -3.93. The Bertz CT molecular complexity index is 1410. The monoisotopic (exact) mass is 943 g/mol. The van der Waals surface area contributed by atoms with Crippen LogP contribution < -0.4 is 0 Å². The van der Waals surface area contributed by atoms with Crippen molar-refractivity contribution in [1.29, 1.82) is 0 Å². The molecule has 0 aliphatic heterocycles. The highest BCUT2D eigenvalue weighted by atomic mass is 16.6. The van der Waals surface area contributed by atoms with Crippen molar-refractivity contribution in [2.24, 2.45) is 0 Å². The van der Waals surface area contributed by atoms with Gasteiger partial charge in [0.05, 0.1) is 0 Å². The fraction of sp³-hybridized carbons (Fsp3) is 0.661. The number of esters is 3. The molecular formula is C62H102O6. The van der Waals surface area contributed by atoms with Crippen LogP contribution in [0.3, 0.4) is 0 Å². The molecule has 0 saturated carbocycles. The predicted octanol–water partition coefficient (Wildman–Crippen LogP) is 18.7. The molecule has 0 amide bonds. The molecule has 1 unspecified atom stereocenters. The predicted molar refractivity (Wildman–Crippen MR) is 293 cm³/mol. The Morgan fingerprint density at radius 3 is 1.06 bits per heavy atom. The number of carbonyl (C=O) groups is 3. The summed E-state index contributed by atoms with van der Waals surface area (Å²) in [6, 6.07) is 0. The lowest BCUT2D eigenvalue weighted by molar-refractivity contribution is -0.167. The van der Waals surface area contributed by atoms with E-state index in [0.29, 0.717) is 19.3 Å². The van der Waals surface area contributed by atoms with Gasteiger partial charge in [0.15, 0.2) is 6.10 Å². The van der Waals surface area contributed by atoms with Crippen LogP contribution in [0.5, 0.6) is 0 Å². The highest BCUT2D eigenvalue weighted by Gasteiger charge is 2.19. The fourth-order valence-electron chi connectivity index (χ4n) is 7.46. The van der Waals surface area contributed by atoms with E-state index in [4.69, 9.17) is 14.2 Å². The second-order valence-corrected chi connectivity index (χ2v) is 18.2. The third-order valence-corrected chi connectivity index (χ3v) is 11.6. The quantitative estimate of drug-likeness (QED) is 0.0199. The summed E-state index contributed by atoms with van der Waals surface area (Å²) in [5.74, 6) is -0.945. The molecule has 0 aromatic carbocycles. The molecular weight excluding hydrogens is 841 g/mol. The molecule has 1 atom stereocenters. The molecule has 0 saturated heterocycles. The van der Waals surface area contributed by atoms with Gasteiger partial charge in [0.2, 0.25) is 0 Å². The molecule has 68 heavy (non-hydrogen) atoms. The number of unbranched alkanes of at least 4 members (excludes halogenated alkanes) is 24. The van der Waals surface area contributed by atoms with Gasteiger partial charge in [-0.1, -0.05) is 239 Å². The van der Waals surface area contributed by atoms with E-state index in [1.165, 1.54) is 77.0 Å². The minimum absolute atomic E-state index is 0.0978. The molecule has 386 valence electrons. The van der Waals surface area contributed by atoms with E-state index in [1.54, 1.807) is 0 Å². The zero-order valence-corrected chi connectivity index (χ0v) is 44.1. The van der Waals surface area contributed by atoms with Crippen LogP contribution in [0, 0.1) is 0 Å². The van der Waals surface area contributed by atoms with Crippen LogP contribution in [0.1, 0.15) is 245 Å². The van der Waals surface area contributed by atoms with Crippen molar-refractivity contribution < 1.29 is 28.6 Å². The Morgan fingerprint density at radius 2 is 0.647 bits per heavy atom. The summed E-state index contributed by atoms with van der Waals surface area (Å²) in [5, 5.41) is 0. The molecule has 0 aliphatic carbocycles. The summed E-state index contributed by atoms with van der Waals surface area (Å²) >= 11 is 0. The van der Waals surface area contributed by atoms with Crippen LogP contribution in [-0.4, -0.2) is 37.2 Å². The van der Waals surface area contributed by atoms with Crippen molar-refractivity contribution in [3.05, 3.63) is 109 Å². The average molecular weight is 943 g/mol. The molecule has 0 spiro atoms. The van der Waals surface area contributed by atoms with E-state index >= 15 is 0 Å². The van der Waals surface area contributed by atoms with E-state index in [2.05, 4.69) is 130 Å². The van der Waals surface area contributed by atoms with Crippen LogP contribution in [0.15, 0.2) is 109 Å². The van der Waals surface area contributed by atoms with E-state index in [-0.39, 0.29) is 31.1 Å². The summed E-state index contributed by atoms with van der Waals surface area (Å²) in [5.41, 5.74) is 0. The summed E-state index contributed by atoms with van der Waals surface area (Å²) in [4.78, 5) is 38.1. The first kappa shape index (κ1) is 64.1. The van der Waals surface area contributed by atoms with Crippen molar-refractivity contribution in [2.75, 3.05) is 13.2 Å². The van der Waals surface area contributed by atoms with Crippen LogP contribution >= 0.6 is 0 Å². The largest absolute Gasteiger partial charge is 0.462 e. The van der Waals surface area contributed by atoms with Gasteiger partial charge in [-0.25, -0.2) is 0 Å². The van der Waals surface area contributed by atoms with Gasteiger partial charge in [0.25, 0.3) is 0 Å². The summed E-state index contributed by atoms with van der Waals surface area (Å²) < 4.78 is 16.8. The van der Waals surface area contributed by atoms with Crippen molar-refractivity contribution >= 4 is 17.9 Å². The first-order valence-electron chi connectivity index (χ1n) is 28.0. The molecule has 0 aliphatic rings. The first-order chi connectivity index (χ1) is 33.5. The molecule has 0 N–H and O–H groups in total. The lowest BCUT2D eigenvalue weighted by Gasteiger charge is -2.18. The molecule has 0 rings (SSSR count). The van der Waals surface area contributed by atoms with E-state index in [1.807, 2.05) is 0 Å². The summed E-state index contributed by atoms with van der Waals surface area (Å²) in [7, 11) is 0. The smallest absolute Gasteiger partial charge is 0.306 e.